The monoisotopic (exact) mass is 295 g/mol. The third-order valence-electron chi connectivity index (χ3n) is 3.68. The molecular weight excluding hydrogens is 274 g/mol. The highest BCUT2D eigenvalue weighted by molar-refractivity contribution is 5.88. The number of aromatic nitrogens is 2. The van der Waals surface area contributed by atoms with Gasteiger partial charge in [0.2, 0.25) is 0 Å². The highest BCUT2D eigenvalue weighted by Gasteiger charge is 2.23. The molecule has 1 atom stereocenters. The first-order valence-electron chi connectivity index (χ1n) is 6.92. The summed E-state index contributed by atoms with van der Waals surface area (Å²) in [7, 11) is 3.82. The fourth-order valence-corrected chi connectivity index (χ4v) is 2.48. The average molecular weight is 295 g/mol. The molecule has 116 valence electrons. The van der Waals surface area contributed by atoms with Crippen molar-refractivity contribution in [1.82, 2.24) is 19.6 Å². The molecule has 1 unspecified atom stereocenters. The maximum Gasteiger partial charge on any atom is 0.325 e. The summed E-state index contributed by atoms with van der Waals surface area (Å²) in [5, 5.41) is 15.3. The molecule has 1 aromatic rings. The van der Waals surface area contributed by atoms with E-state index in [9.17, 15) is 9.59 Å². The lowest BCUT2D eigenvalue weighted by Gasteiger charge is -2.25. The van der Waals surface area contributed by atoms with Gasteiger partial charge in [0.1, 0.15) is 6.54 Å². The van der Waals surface area contributed by atoms with Crippen molar-refractivity contribution in [2.75, 3.05) is 32.5 Å². The summed E-state index contributed by atoms with van der Waals surface area (Å²) >= 11 is 0. The SMILES string of the molecule is CN(CC1CCCN1C)C(=O)Nc1cnn(CC(=O)O)c1. The van der Waals surface area contributed by atoms with Gasteiger partial charge >= 0.3 is 12.0 Å². The molecule has 1 saturated heterocycles. The third-order valence-corrected chi connectivity index (χ3v) is 3.68. The van der Waals surface area contributed by atoms with E-state index in [-0.39, 0.29) is 12.6 Å². The van der Waals surface area contributed by atoms with Gasteiger partial charge in [0.15, 0.2) is 0 Å². The number of urea groups is 1. The van der Waals surface area contributed by atoms with Crippen LogP contribution in [0.3, 0.4) is 0 Å². The quantitative estimate of drug-likeness (QED) is 0.826. The van der Waals surface area contributed by atoms with Gasteiger partial charge < -0.3 is 20.2 Å². The van der Waals surface area contributed by atoms with Gasteiger partial charge in [0.05, 0.1) is 11.9 Å². The fraction of sp³-hybridized carbons (Fsp3) is 0.615. The summed E-state index contributed by atoms with van der Waals surface area (Å²) in [6.45, 7) is 1.52. The molecule has 8 nitrogen and oxygen atoms in total. The van der Waals surface area contributed by atoms with Gasteiger partial charge in [-0.15, -0.1) is 0 Å². The minimum Gasteiger partial charge on any atom is -0.480 e. The van der Waals surface area contributed by atoms with Crippen molar-refractivity contribution in [3.05, 3.63) is 12.4 Å². The van der Waals surface area contributed by atoms with E-state index in [4.69, 9.17) is 5.11 Å². The topological polar surface area (TPSA) is 90.7 Å². The molecule has 0 aromatic carbocycles. The Morgan fingerprint density at radius 3 is 2.95 bits per heavy atom. The summed E-state index contributed by atoms with van der Waals surface area (Å²) in [4.78, 5) is 26.6. The van der Waals surface area contributed by atoms with Crippen LogP contribution in [0.4, 0.5) is 10.5 Å². The largest absolute Gasteiger partial charge is 0.480 e. The molecule has 2 amide bonds. The molecule has 1 aliphatic rings. The second kappa shape index (κ2) is 6.57. The molecule has 0 aliphatic carbocycles. The number of hydrogen-bond acceptors (Lipinski definition) is 4. The normalized spacial score (nSPS) is 18.7. The van der Waals surface area contributed by atoms with E-state index in [2.05, 4.69) is 22.4 Å². The summed E-state index contributed by atoms with van der Waals surface area (Å²) in [6, 6.07) is 0.181. The van der Waals surface area contributed by atoms with Crippen LogP contribution in [0.15, 0.2) is 12.4 Å². The minimum absolute atomic E-state index is 0.217. The van der Waals surface area contributed by atoms with Crippen molar-refractivity contribution in [3.63, 3.8) is 0 Å². The van der Waals surface area contributed by atoms with Gasteiger partial charge in [-0.25, -0.2) is 4.79 Å². The number of anilines is 1. The Morgan fingerprint density at radius 1 is 1.57 bits per heavy atom. The average Bonchev–Trinajstić information content (AvgIpc) is 2.99. The van der Waals surface area contributed by atoms with Crippen molar-refractivity contribution in [1.29, 1.82) is 0 Å². The standard InChI is InChI=1S/C13H21N5O3/c1-16-5-3-4-11(16)8-17(2)13(21)15-10-6-14-18(7-10)9-12(19)20/h6-7,11H,3-5,8-9H2,1-2H3,(H,15,21)(H,19,20). The number of carboxylic acids is 1. The van der Waals surface area contributed by atoms with E-state index in [1.807, 2.05) is 0 Å². The predicted molar refractivity (Wildman–Crippen MR) is 77.2 cm³/mol. The van der Waals surface area contributed by atoms with E-state index < -0.39 is 5.97 Å². The van der Waals surface area contributed by atoms with Crippen molar-refractivity contribution in [2.45, 2.75) is 25.4 Å². The molecule has 0 spiro atoms. The van der Waals surface area contributed by atoms with Crippen LogP contribution >= 0.6 is 0 Å². The molecule has 0 radical (unpaired) electrons. The number of rotatable bonds is 5. The number of carbonyl (C=O) groups excluding carboxylic acids is 1. The molecule has 2 rings (SSSR count). The summed E-state index contributed by atoms with van der Waals surface area (Å²) < 4.78 is 1.27. The van der Waals surface area contributed by atoms with Crippen LogP contribution < -0.4 is 5.32 Å². The minimum atomic E-state index is -0.975. The van der Waals surface area contributed by atoms with Crippen molar-refractivity contribution in [2.24, 2.45) is 0 Å². The van der Waals surface area contributed by atoms with Crippen LogP contribution in [0, 0.1) is 0 Å². The van der Waals surface area contributed by atoms with E-state index >= 15 is 0 Å². The van der Waals surface area contributed by atoms with Gasteiger partial charge in [-0.05, 0) is 26.4 Å². The molecular formula is C13H21N5O3. The predicted octanol–water partition coefficient (Wildman–Crippen LogP) is 0.526. The number of carboxylic acid groups (broad SMARTS) is 1. The van der Waals surface area contributed by atoms with E-state index in [1.54, 1.807) is 11.9 Å². The zero-order valence-corrected chi connectivity index (χ0v) is 12.3. The number of likely N-dealkylation sites (tertiary alicyclic amines) is 1. The Hall–Kier alpha value is -2.09. The summed E-state index contributed by atoms with van der Waals surface area (Å²) in [5.74, 6) is -0.975. The van der Waals surface area contributed by atoms with Crippen LogP contribution in [-0.4, -0.2) is 69.9 Å². The highest BCUT2D eigenvalue weighted by Crippen LogP contribution is 2.16. The van der Waals surface area contributed by atoms with Gasteiger partial charge in [-0.1, -0.05) is 0 Å². The van der Waals surface area contributed by atoms with Crippen molar-refractivity contribution >= 4 is 17.7 Å². The fourth-order valence-electron chi connectivity index (χ4n) is 2.48. The van der Waals surface area contributed by atoms with E-state index in [1.165, 1.54) is 23.5 Å². The lowest BCUT2D eigenvalue weighted by molar-refractivity contribution is -0.137. The number of nitrogens with one attached hydrogen (secondary N) is 1. The van der Waals surface area contributed by atoms with Crippen LogP contribution in [0.25, 0.3) is 0 Å². The Balaban J connectivity index is 1.85. The molecule has 1 aliphatic heterocycles. The van der Waals surface area contributed by atoms with Gasteiger partial charge in [0, 0.05) is 25.8 Å². The molecule has 2 heterocycles. The molecule has 0 saturated carbocycles. The maximum atomic E-state index is 12.1. The first-order valence-corrected chi connectivity index (χ1v) is 6.92. The first kappa shape index (κ1) is 15.3. The van der Waals surface area contributed by atoms with Crippen LogP contribution in [0.1, 0.15) is 12.8 Å². The first-order chi connectivity index (χ1) is 9.95. The lowest BCUT2D eigenvalue weighted by Crippen LogP contribution is -2.41. The number of nitrogens with zero attached hydrogens (tertiary/aromatic N) is 4. The highest BCUT2D eigenvalue weighted by atomic mass is 16.4. The molecule has 8 heteroatoms. The maximum absolute atomic E-state index is 12.1. The Bertz CT molecular complexity index is 516. The van der Waals surface area contributed by atoms with E-state index in [0.29, 0.717) is 18.3 Å². The molecule has 2 N–H and O–H groups in total. The Morgan fingerprint density at radius 2 is 2.33 bits per heavy atom. The molecule has 1 fully saturated rings. The number of carbonyl (C=O) groups is 2. The van der Waals surface area contributed by atoms with Crippen LogP contribution in [0.5, 0.6) is 0 Å². The number of likely N-dealkylation sites (N-methyl/N-ethyl adjacent to an activating group) is 2. The Kier molecular flexibility index (Phi) is 4.79. The van der Waals surface area contributed by atoms with Gasteiger partial charge in [0.25, 0.3) is 0 Å². The number of hydrogen-bond donors (Lipinski definition) is 2. The second-order valence-corrected chi connectivity index (χ2v) is 5.41. The second-order valence-electron chi connectivity index (χ2n) is 5.41. The molecule has 21 heavy (non-hydrogen) atoms. The Labute approximate surface area is 123 Å². The third kappa shape index (κ3) is 4.19. The molecule has 0 bridgehead atoms. The number of amides is 2. The molecule has 1 aromatic heterocycles. The van der Waals surface area contributed by atoms with E-state index in [0.717, 1.165) is 13.0 Å². The van der Waals surface area contributed by atoms with Crippen LogP contribution in [0.2, 0.25) is 0 Å². The van der Waals surface area contributed by atoms with Gasteiger partial charge in [-0.2, -0.15) is 5.10 Å². The zero-order valence-electron chi connectivity index (χ0n) is 12.3. The van der Waals surface area contributed by atoms with Crippen molar-refractivity contribution < 1.29 is 14.7 Å². The van der Waals surface area contributed by atoms with Crippen molar-refractivity contribution in [3.8, 4) is 0 Å². The zero-order chi connectivity index (χ0) is 15.4. The van der Waals surface area contributed by atoms with Crippen LogP contribution in [-0.2, 0) is 11.3 Å². The number of aliphatic carboxylic acids is 1. The van der Waals surface area contributed by atoms with Gasteiger partial charge in [-0.3, -0.25) is 9.48 Å². The summed E-state index contributed by atoms with van der Waals surface area (Å²) in [6.07, 6.45) is 5.21. The lowest BCUT2D eigenvalue weighted by atomic mass is 10.2. The smallest absolute Gasteiger partial charge is 0.325 e. The summed E-state index contributed by atoms with van der Waals surface area (Å²) in [5.41, 5.74) is 0.493.